The number of rotatable bonds is 3. The van der Waals surface area contributed by atoms with Gasteiger partial charge in [0.2, 0.25) is 5.78 Å². The number of thiophene rings is 1. The fraction of sp³-hybridized carbons (Fsp3) is 0.0833. The summed E-state index contributed by atoms with van der Waals surface area (Å²) < 4.78 is 31.8. The van der Waals surface area contributed by atoms with Crippen molar-refractivity contribution in [3.63, 3.8) is 0 Å². The van der Waals surface area contributed by atoms with Gasteiger partial charge < -0.3 is 10.5 Å². The summed E-state index contributed by atoms with van der Waals surface area (Å²) in [4.78, 5) is 12.3. The minimum atomic E-state index is -0.920. The Hall–Kier alpha value is -1.95. The van der Waals surface area contributed by atoms with Crippen LogP contribution in [-0.4, -0.2) is 12.9 Å². The van der Waals surface area contributed by atoms with Crippen LogP contribution >= 0.6 is 11.3 Å². The van der Waals surface area contributed by atoms with Gasteiger partial charge in [0.15, 0.2) is 5.82 Å². The molecular weight excluding hydrogens is 260 g/mol. The molecule has 0 atom stereocenters. The van der Waals surface area contributed by atoms with E-state index in [-0.39, 0.29) is 4.88 Å². The molecule has 0 saturated carbocycles. The maximum atomic E-state index is 13.7. The lowest BCUT2D eigenvalue weighted by Gasteiger charge is -2.05. The number of nitrogens with two attached hydrogens (primary N) is 1. The number of carbonyl (C=O) groups is 1. The van der Waals surface area contributed by atoms with Crippen molar-refractivity contribution in [3.05, 3.63) is 45.7 Å². The Morgan fingerprint density at radius 3 is 2.78 bits per heavy atom. The van der Waals surface area contributed by atoms with E-state index in [4.69, 9.17) is 10.5 Å². The Balaban J connectivity index is 2.53. The van der Waals surface area contributed by atoms with E-state index in [0.717, 1.165) is 23.5 Å². The lowest BCUT2D eigenvalue weighted by Crippen LogP contribution is -2.07. The monoisotopic (exact) mass is 269 g/mol. The summed E-state index contributed by atoms with van der Waals surface area (Å²) in [5.41, 5.74) is 4.50. The fourth-order valence-corrected chi connectivity index (χ4v) is 2.33. The molecule has 0 saturated heterocycles. The highest BCUT2D eigenvalue weighted by molar-refractivity contribution is 7.12. The molecule has 2 rings (SSSR count). The van der Waals surface area contributed by atoms with Crippen LogP contribution in [0.4, 0.5) is 14.5 Å². The third-order valence-corrected chi connectivity index (χ3v) is 3.26. The van der Waals surface area contributed by atoms with Gasteiger partial charge >= 0.3 is 0 Å². The Kier molecular flexibility index (Phi) is 3.29. The van der Waals surface area contributed by atoms with E-state index in [0.29, 0.717) is 5.75 Å². The van der Waals surface area contributed by atoms with Crippen molar-refractivity contribution >= 4 is 22.8 Å². The molecule has 2 aromatic rings. The second kappa shape index (κ2) is 4.73. The number of methoxy groups -OCH3 is 1. The number of ether oxygens (including phenoxy) is 1. The first kappa shape index (κ1) is 12.5. The van der Waals surface area contributed by atoms with Crippen molar-refractivity contribution in [1.29, 1.82) is 0 Å². The Morgan fingerprint density at radius 1 is 1.39 bits per heavy atom. The summed E-state index contributed by atoms with van der Waals surface area (Å²) in [6, 6.07) is 3.24. The van der Waals surface area contributed by atoms with Gasteiger partial charge in [0.1, 0.15) is 16.4 Å². The summed E-state index contributed by atoms with van der Waals surface area (Å²) in [6.07, 6.45) is 0. The minimum absolute atomic E-state index is 0.210. The van der Waals surface area contributed by atoms with E-state index in [1.165, 1.54) is 7.11 Å². The van der Waals surface area contributed by atoms with Gasteiger partial charge in [-0.2, -0.15) is 0 Å². The second-order valence-electron chi connectivity index (χ2n) is 3.50. The van der Waals surface area contributed by atoms with Crippen LogP contribution < -0.4 is 10.5 Å². The number of ketones is 1. The highest BCUT2D eigenvalue weighted by Crippen LogP contribution is 2.29. The number of hydrogen-bond acceptors (Lipinski definition) is 4. The number of hydrogen-bond donors (Lipinski definition) is 1. The first-order valence-corrected chi connectivity index (χ1v) is 5.83. The van der Waals surface area contributed by atoms with Gasteiger partial charge in [0.25, 0.3) is 0 Å². The molecule has 0 aliphatic carbocycles. The molecule has 1 aromatic carbocycles. The van der Waals surface area contributed by atoms with Crippen molar-refractivity contribution in [1.82, 2.24) is 0 Å². The van der Waals surface area contributed by atoms with Crippen molar-refractivity contribution in [2.24, 2.45) is 0 Å². The molecule has 0 radical (unpaired) electrons. The largest absolute Gasteiger partial charge is 0.495 e. The SMILES string of the molecule is COc1ccsc1C(=O)c1cc(F)cc(N)c1F. The zero-order chi connectivity index (χ0) is 13.3. The number of anilines is 1. The normalized spacial score (nSPS) is 10.4. The van der Waals surface area contributed by atoms with Crippen LogP contribution in [0.1, 0.15) is 15.2 Å². The van der Waals surface area contributed by atoms with Crippen molar-refractivity contribution in [2.75, 3.05) is 12.8 Å². The van der Waals surface area contributed by atoms with Gasteiger partial charge in [-0.05, 0) is 23.6 Å². The molecule has 0 bridgehead atoms. The number of benzene rings is 1. The van der Waals surface area contributed by atoms with E-state index in [1.54, 1.807) is 11.4 Å². The van der Waals surface area contributed by atoms with Crippen LogP contribution in [0.25, 0.3) is 0 Å². The molecular formula is C12H9F2NO2S. The van der Waals surface area contributed by atoms with Gasteiger partial charge in [-0.3, -0.25) is 4.79 Å². The van der Waals surface area contributed by atoms with Crippen LogP contribution in [0.3, 0.4) is 0 Å². The molecule has 0 aliphatic rings. The van der Waals surface area contributed by atoms with Crippen molar-refractivity contribution in [2.45, 2.75) is 0 Å². The zero-order valence-electron chi connectivity index (χ0n) is 9.37. The van der Waals surface area contributed by atoms with Crippen molar-refractivity contribution in [3.8, 4) is 5.75 Å². The molecule has 94 valence electrons. The first-order chi connectivity index (χ1) is 8.54. The molecule has 0 unspecified atom stereocenters. The molecule has 0 fully saturated rings. The molecule has 1 aromatic heterocycles. The van der Waals surface area contributed by atoms with Gasteiger partial charge in [0, 0.05) is 0 Å². The molecule has 2 N–H and O–H groups in total. The standard InChI is InChI=1S/C12H9F2NO2S/c1-17-9-2-3-18-12(9)11(16)7-4-6(13)5-8(15)10(7)14/h2-5H,15H2,1H3. The summed E-state index contributed by atoms with van der Waals surface area (Å²) in [5, 5.41) is 1.63. The zero-order valence-corrected chi connectivity index (χ0v) is 10.2. The minimum Gasteiger partial charge on any atom is -0.495 e. The van der Waals surface area contributed by atoms with Gasteiger partial charge in [0.05, 0.1) is 18.4 Å². The van der Waals surface area contributed by atoms with E-state index < -0.39 is 28.7 Å². The van der Waals surface area contributed by atoms with Gasteiger partial charge in [-0.25, -0.2) is 8.78 Å². The molecule has 1 heterocycles. The topological polar surface area (TPSA) is 52.3 Å². The lowest BCUT2D eigenvalue weighted by atomic mass is 10.1. The number of halogens is 2. The number of carbonyl (C=O) groups excluding carboxylic acids is 1. The maximum absolute atomic E-state index is 13.7. The summed E-state index contributed by atoms with van der Waals surface area (Å²) in [5.74, 6) is -2.00. The highest BCUT2D eigenvalue weighted by Gasteiger charge is 2.21. The first-order valence-electron chi connectivity index (χ1n) is 4.95. The Bertz CT molecular complexity index is 610. The van der Waals surface area contributed by atoms with Crippen LogP contribution in [-0.2, 0) is 0 Å². The summed E-state index contributed by atoms with van der Waals surface area (Å²) >= 11 is 1.09. The Labute approximate surface area is 106 Å². The van der Waals surface area contributed by atoms with E-state index >= 15 is 0 Å². The van der Waals surface area contributed by atoms with Gasteiger partial charge in [-0.15, -0.1) is 11.3 Å². The third-order valence-electron chi connectivity index (χ3n) is 2.37. The lowest BCUT2D eigenvalue weighted by molar-refractivity contribution is 0.103. The quantitative estimate of drug-likeness (QED) is 0.688. The average Bonchev–Trinajstić information content (AvgIpc) is 2.81. The molecule has 3 nitrogen and oxygen atoms in total. The smallest absolute Gasteiger partial charge is 0.209 e. The van der Waals surface area contributed by atoms with Gasteiger partial charge in [-0.1, -0.05) is 0 Å². The van der Waals surface area contributed by atoms with Crippen LogP contribution in [0.15, 0.2) is 23.6 Å². The van der Waals surface area contributed by atoms with Crippen molar-refractivity contribution < 1.29 is 18.3 Å². The average molecular weight is 269 g/mol. The van der Waals surface area contributed by atoms with E-state index in [9.17, 15) is 13.6 Å². The molecule has 0 spiro atoms. The summed E-state index contributed by atoms with van der Waals surface area (Å²) in [7, 11) is 1.40. The summed E-state index contributed by atoms with van der Waals surface area (Å²) in [6.45, 7) is 0. The molecule has 0 amide bonds. The predicted octanol–water partition coefficient (Wildman–Crippen LogP) is 2.85. The van der Waals surface area contributed by atoms with Crippen LogP contribution in [0.2, 0.25) is 0 Å². The fourth-order valence-electron chi connectivity index (χ4n) is 1.52. The molecule has 6 heteroatoms. The predicted molar refractivity (Wildman–Crippen MR) is 65.1 cm³/mol. The second-order valence-corrected chi connectivity index (χ2v) is 4.42. The third kappa shape index (κ3) is 2.06. The molecule has 18 heavy (non-hydrogen) atoms. The number of nitrogen functional groups attached to an aromatic ring is 1. The van der Waals surface area contributed by atoms with E-state index in [1.807, 2.05) is 0 Å². The maximum Gasteiger partial charge on any atom is 0.209 e. The molecule has 0 aliphatic heterocycles. The van der Waals surface area contributed by atoms with Crippen LogP contribution in [0.5, 0.6) is 5.75 Å². The van der Waals surface area contributed by atoms with E-state index in [2.05, 4.69) is 0 Å². The Morgan fingerprint density at radius 2 is 2.11 bits per heavy atom. The van der Waals surface area contributed by atoms with Crippen LogP contribution in [0, 0.1) is 11.6 Å². The highest BCUT2D eigenvalue weighted by atomic mass is 32.1.